The number of aldehydes is 1. The second-order valence-corrected chi connectivity index (χ2v) is 8.44. The number of nitrogens with zero attached hydrogens (tertiary/aromatic N) is 1. The fourth-order valence-electron chi connectivity index (χ4n) is 3.10. The zero-order valence-electron chi connectivity index (χ0n) is 21.2. The number of carbonyl (C=O) groups is 2. The van der Waals surface area contributed by atoms with Crippen molar-refractivity contribution >= 4 is 17.8 Å². The summed E-state index contributed by atoms with van der Waals surface area (Å²) >= 11 is 0. The van der Waals surface area contributed by atoms with E-state index in [1.165, 1.54) is 24.0 Å². The Morgan fingerprint density at radius 2 is 1.88 bits per heavy atom. The van der Waals surface area contributed by atoms with Crippen molar-refractivity contribution in [2.24, 2.45) is 0 Å². The molecule has 0 saturated heterocycles. The quantitative estimate of drug-likeness (QED) is 0.438. The molecule has 0 aromatic heterocycles. The number of benzene rings is 1. The number of fused-ring (bicyclic) bond motifs is 1. The number of hydrogen-bond acceptors (Lipinski definition) is 5. The van der Waals surface area contributed by atoms with E-state index in [4.69, 9.17) is 14.9 Å². The number of allylic oxidation sites excluding steroid dienone is 6. The third kappa shape index (κ3) is 10.3. The van der Waals surface area contributed by atoms with Crippen LogP contribution in [0.15, 0.2) is 60.6 Å². The van der Waals surface area contributed by atoms with Crippen molar-refractivity contribution in [2.45, 2.75) is 52.6 Å². The highest BCUT2D eigenvalue weighted by atomic mass is 19.1. The Hall–Kier alpha value is -3.03. The lowest BCUT2D eigenvalue weighted by molar-refractivity contribution is -0.125. The standard InChI is InChI=1S/C22H24FNO3.C4H10O.CH4O/c1-5-7-19(15(2)23)22(20(11-12-25)24(4)16(3)26)18-9-10-21-17(14-18)8-6-13-27-21;1-4(2,3)5;1-2/h5,7,9-10,12,14H,1-2,6,8,11,13H2,3-4H3;5H,1-3H3;2H,1H3/b19-7+,22-20-;;. The maximum atomic E-state index is 14.3. The molecule has 6 nitrogen and oxygen atoms in total. The first-order valence-electron chi connectivity index (χ1n) is 10.9. The Bertz CT molecular complexity index is 919. The molecule has 1 heterocycles. The molecule has 0 aliphatic carbocycles. The van der Waals surface area contributed by atoms with Crippen molar-refractivity contribution in [1.29, 1.82) is 0 Å². The topological polar surface area (TPSA) is 87.1 Å². The van der Waals surface area contributed by atoms with Crippen molar-refractivity contribution < 1.29 is 28.9 Å². The Balaban J connectivity index is 0.00000138. The first-order valence-corrected chi connectivity index (χ1v) is 10.9. The summed E-state index contributed by atoms with van der Waals surface area (Å²) in [5.41, 5.74) is 2.24. The third-order valence-electron chi connectivity index (χ3n) is 4.49. The number of halogens is 1. The van der Waals surface area contributed by atoms with Gasteiger partial charge in [-0.25, -0.2) is 4.39 Å². The predicted octanol–water partition coefficient (Wildman–Crippen LogP) is 4.77. The lowest BCUT2D eigenvalue weighted by atomic mass is 9.90. The number of aliphatic hydroxyl groups excluding tert-OH is 1. The van der Waals surface area contributed by atoms with Crippen molar-refractivity contribution in [3.8, 4) is 5.75 Å². The largest absolute Gasteiger partial charge is 0.493 e. The molecule has 2 N–H and O–H groups in total. The smallest absolute Gasteiger partial charge is 0.223 e. The minimum Gasteiger partial charge on any atom is -0.493 e. The van der Waals surface area contributed by atoms with Gasteiger partial charge in [-0.15, -0.1) is 0 Å². The zero-order chi connectivity index (χ0) is 26.5. The van der Waals surface area contributed by atoms with E-state index in [2.05, 4.69) is 13.2 Å². The summed E-state index contributed by atoms with van der Waals surface area (Å²) in [4.78, 5) is 24.7. The summed E-state index contributed by atoms with van der Waals surface area (Å²) in [6.07, 6.45) is 5.35. The second kappa shape index (κ2) is 15.0. The van der Waals surface area contributed by atoms with Crippen LogP contribution in [0, 0.1) is 0 Å². The maximum absolute atomic E-state index is 14.3. The van der Waals surface area contributed by atoms with Gasteiger partial charge >= 0.3 is 0 Å². The molecule has 1 aliphatic rings. The van der Waals surface area contributed by atoms with Gasteiger partial charge in [0.05, 0.1) is 12.2 Å². The van der Waals surface area contributed by atoms with E-state index in [-0.39, 0.29) is 17.9 Å². The molecule has 188 valence electrons. The molecular weight excluding hydrogens is 437 g/mol. The van der Waals surface area contributed by atoms with Gasteiger partial charge in [0.15, 0.2) is 0 Å². The Morgan fingerprint density at radius 3 is 2.35 bits per heavy atom. The van der Waals surface area contributed by atoms with Gasteiger partial charge in [0.2, 0.25) is 5.91 Å². The van der Waals surface area contributed by atoms with Gasteiger partial charge in [-0.3, -0.25) is 4.79 Å². The van der Waals surface area contributed by atoms with Crippen LogP contribution in [0.4, 0.5) is 4.39 Å². The van der Waals surface area contributed by atoms with Crippen LogP contribution in [0.2, 0.25) is 0 Å². The van der Waals surface area contributed by atoms with E-state index in [0.29, 0.717) is 29.7 Å². The molecule has 0 bridgehead atoms. The van der Waals surface area contributed by atoms with E-state index in [0.717, 1.165) is 31.3 Å². The van der Waals surface area contributed by atoms with Crippen LogP contribution in [-0.2, 0) is 16.0 Å². The predicted molar refractivity (Wildman–Crippen MR) is 135 cm³/mol. The van der Waals surface area contributed by atoms with Gasteiger partial charge in [-0.1, -0.05) is 31.4 Å². The number of hydrogen-bond donors (Lipinski definition) is 2. The summed E-state index contributed by atoms with van der Waals surface area (Å²) in [5, 5.41) is 15.5. The molecule has 1 aromatic rings. The highest BCUT2D eigenvalue weighted by Crippen LogP contribution is 2.37. The van der Waals surface area contributed by atoms with E-state index >= 15 is 0 Å². The summed E-state index contributed by atoms with van der Waals surface area (Å²) in [6, 6.07) is 5.56. The number of aliphatic hydroxyl groups is 2. The van der Waals surface area contributed by atoms with Crippen LogP contribution in [0.1, 0.15) is 51.7 Å². The van der Waals surface area contributed by atoms with E-state index in [1.54, 1.807) is 33.9 Å². The fraction of sp³-hybridized carbons (Fsp3) is 0.407. The van der Waals surface area contributed by atoms with Crippen molar-refractivity contribution in [3.05, 3.63) is 71.7 Å². The highest BCUT2D eigenvalue weighted by Gasteiger charge is 2.22. The van der Waals surface area contributed by atoms with E-state index in [1.807, 2.05) is 12.1 Å². The van der Waals surface area contributed by atoms with Crippen LogP contribution < -0.4 is 4.74 Å². The number of carbonyl (C=O) groups excluding carboxylic acids is 2. The highest BCUT2D eigenvalue weighted by molar-refractivity contribution is 5.90. The Morgan fingerprint density at radius 1 is 1.29 bits per heavy atom. The molecule has 1 amide bonds. The molecule has 1 aliphatic heterocycles. The molecule has 0 atom stereocenters. The molecule has 1 aromatic carbocycles. The number of ether oxygens (including phenoxy) is 1. The first-order chi connectivity index (χ1) is 15.9. The van der Waals surface area contributed by atoms with Gasteiger partial charge in [-0.2, -0.15) is 0 Å². The van der Waals surface area contributed by atoms with Crippen molar-refractivity contribution in [3.63, 3.8) is 0 Å². The number of rotatable bonds is 7. The molecular formula is C27H38FNO5. The lowest BCUT2D eigenvalue weighted by Crippen LogP contribution is -2.25. The number of amides is 1. The van der Waals surface area contributed by atoms with E-state index in [9.17, 15) is 14.0 Å². The monoisotopic (exact) mass is 475 g/mol. The lowest BCUT2D eigenvalue weighted by Gasteiger charge is -2.25. The Kier molecular flexibility index (Phi) is 13.6. The SMILES string of the molecule is C=C/C=C(C(=C)F)/C(=C(/CC=O)N(C)C(C)=O)c1ccc2c(c1)CCCO2.CC(C)(C)O.CO. The number of aryl methyl sites for hydroxylation is 1. The molecule has 0 saturated carbocycles. The maximum Gasteiger partial charge on any atom is 0.223 e. The minimum absolute atomic E-state index is 0.0409. The molecule has 0 radical (unpaired) electrons. The van der Waals surface area contributed by atoms with Crippen molar-refractivity contribution in [2.75, 3.05) is 20.8 Å². The van der Waals surface area contributed by atoms with Crippen LogP contribution in [0.3, 0.4) is 0 Å². The summed E-state index contributed by atoms with van der Waals surface area (Å²) < 4.78 is 20.0. The molecule has 0 unspecified atom stereocenters. The molecule has 0 fully saturated rings. The molecule has 7 heteroatoms. The van der Waals surface area contributed by atoms with Gasteiger partial charge < -0.3 is 24.6 Å². The average molecular weight is 476 g/mol. The van der Waals surface area contributed by atoms with Crippen molar-refractivity contribution in [1.82, 2.24) is 4.90 Å². The van der Waals surface area contributed by atoms with Crippen LogP contribution in [-0.4, -0.2) is 53.7 Å². The van der Waals surface area contributed by atoms with Crippen LogP contribution in [0.5, 0.6) is 5.75 Å². The zero-order valence-corrected chi connectivity index (χ0v) is 21.2. The summed E-state index contributed by atoms with van der Waals surface area (Å²) in [7, 11) is 2.56. The normalized spacial score (nSPS) is 13.4. The third-order valence-corrected chi connectivity index (χ3v) is 4.49. The first kappa shape index (κ1) is 31.0. The van der Waals surface area contributed by atoms with Gasteiger partial charge in [-0.05, 0) is 56.9 Å². The van der Waals surface area contributed by atoms with Gasteiger partial charge in [0.25, 0.3) is 0 Å². The Labute approximate surface area is 202 Å². The van der Waals surface area contributed by atoms with Gasteiger partial charge in [0, 0.05) is 44.3 Å². The minimum atomic E-state index is -0.667. The summed E-state index contributed by atoms with van der Waals surface area (Å²) in [6.45, 7) is 14.3. The van der Waals surface area contributed by atoms with E-state index < -0.39 is 11.4 Å². The average Bonchev–Trinajstić information content (AvgIpc) is 2.77. The van der Waals surface area contributed by atoms with Crippen LogP contribution >= 0.6 is 0 Å². The van der Waals surface area contributed by atoms with Gasteiger partial charge in [0.1, 0.15) is 17.9 Å². The molecule has 2 rings (SSSR count). The fourth-order valence-corrected chi connectivity index (χ4v) is 3.10. The summed E-state index contributed by atoms with van der Waals surface area (Å²) in [5.74, 6) is -0.123. The van der Waals surface area contributed by atoms with Crippen LogP contribution in [0.25, 0.3) is 5.57 Å². The second-order valence-electron chi connectivity index (χ2n) is 8.44. The molecule has 0 spiro atoms. The molecule has 34 heavy (non-hydrogen) atoms.